The molecular weight excluding hydrogens is 268 g/mol. The van der Waals surface area contributed by atoms with Gasteiger partial charge in [-0.25, -0.2) is 0 Å². The molecule has 1 heterocycles. The monoisotopic (exact) mass is 296 g/mol. The summed E-state index contributed by atoms with van der Waals surface area (Å²) in [6, 6.07) is 1.46. The molecule has 0 atom stereocenters. The smallest absolute Gasteiger partial charge is 0.223 e. The molecule has 1 aromatic heterocycles. The molecule has 0 aliphatic heterocycles. The molecule has 0 fully saturated rings. The Morgan fingerprint density at radius 3 is 2.38 bits per heavy atom. The second-order valence-corrected chi connectivity index (χ2v) is 5.45. The predicted molar refractivity (Wildman–Crippen MR) is 84.7 cm³/mol. The first-order chi connectivity index (χ1) is 10.0. The van der Waals surface area contributed by atoms with Crippen LogP contribution in [0.2, 0.25) is 0 Å². The Kier molecular flexibility index (Phi) is 7.47. The highest BCUT2D eigenvalue weighted by molar-refractivity contribution is 5.29. The third-order valence-corrected chi connectivity index (χ3v) is 3.59. The molecule has 0 spiro atoms. The predicted octanol–water partition coefficient (Wildman–Crippen LogP) is 1.87. The molecular formula is C16H28N2O3. The van der Waals surface area contributed by atoms with Crippen LogP contribution in [0.25, 0.3) is 0 Å². The van der Waals surface area contributed by atoms with Crippen LogP contribution in [-0.4, -0.2) is 39.4 Å². The Bertz CT molecular complexity index is 491. The van der Waals surface area contributed by atoms with Crippen molar-refractivity contribution in [3.63, 3.8) is 0 Å². The van der Waals surface area contributed by atoms with Gasteiger partial charge in [-0.15, -0.1) is 0 Å². The molecule has 0 radical (unpaired) electrons. The van der Waals surface area contributed by atoms with E-state index in [1.54, 1.807) is 0 Å². The van der Waals surface area contributed by atoms with Gasteiger partial charge in [0, 0.05) is 31.5 Å². The van der Waals surface area contributed by atoms with Gasteiger partial charge in [-0.1, -0.05) is 13.8 Å². The van der Waals surface area contributed by atoms with E-state index in [0.717, 1.165) is 31.6 Å². The van der Waals surface area contributed by atoms with Gasteiger partial charge >= 0.3 is 0 Å². The summed E-state index contributed by atoms with van der Waals surface area (Å²) in [5, 5.41) is 19.2. The molecule has 0 bridgehead atoms. The van der Waals surface area contributed by atoms with Gasteiger partial charge < -0.3 is 14.8 Å². The topological polar surface area (TPSA) is 65.7 Å². The molecule has 2 N–H and O–H groups in total. The van der Waals surface area contributed by atoms with Gasteiger partial charge in [-0.3, -0.25) is 9.69 Å². The van der Waals surface area contributed by atoms with Crippen molar-refractivity contribution >= 4 is 0 Å². The van der Waals surface area contributed by atoms with Crippen molar-refractivity contribution in [2.45, 2.75) is 53.1 Å². The van der Waals surface area contributed by atoms with Crippen LogP contribution in [0, 0.1) is 6.92 Å². The lowest BCUT2D eigenvalue weighted by molar-refractivity contribution is 0.247. The van der Waals surface area contributed by atoms with Crippen LogP contribution in [0.5, 0.6) is 5.75 Å². The summed E-state index contributed by atoms with van der Waals surface area (Å²) >= 11 is 0. The zero-order chi connectivity index (χ0) is 15.8. The fourth-order valence-electron chi connectivity index (χ4n) is 2.63. The standard InChI is InChI=1S/C16H28N2O3/c1-4-7-17(8-5-2)12-14-16(21)15(20)11-13(3)18(14)9-6-10-19/h11,19,21H,4-10,12H2,1-3H3. The van der Waals surface area contributed by atoms with Crippen LogP contribution in [0.4, 0.5) is 0 Å². The average molecular weight is 296 g/mol. The molecule has 0 aliphatic rings. The Hall–Kier alpha value is -1.33. The summed E-state index contributed by atoms with van der Waals surface area (Å²) in [4.78, 5) is 14.1. The van der Waals surface area contributed by atoms with Crippen LogP contribution in [0.3, 0.4) is 0 Å². The second kappa shape index (κ2) is 8.85. The third-order valence-electron chi connectivity index (χ3n) is 3.59. The summed E-state index contributed by atoms with van der Waals surface area (Å²) < 4.78 is 1.95. The zero-order valence-corrected chi connectivity index (χ0v) is 13.4. The van der Waals surface area contributed by atoms with Gasteiger partial charge in [0.25, 0.3) is 0 Å². The number of aromatic hydroxyl groups is 1. The average Bonchev–Trinajstić information content (AvgIpc) is 2.44. The van der Waals surface area contributed by atoms with Gasteiger partial charge in [0.1, 0.15) is 0 Å². The molecule has 0 amide bonds. The zero-order valence-electron chi connectivity index (χ0n) is 13.4. The Morgan fingerprint density at radius 2 is 1.86 bits per heavy atom. The highest BCUT2D eigenvalue weighted by Gasteiger charge is 2.15. The number of aliphatic hydroxyl groups is 1. The van der Waals surface area contributed by atoms with E-state index in [0.29, 0.717) is 25.2 Å². The SMILES string of the molecule is CCCN(CCC)Cc1c(O)c(=O)cc(C)n1CCCO. The first kappa shape index (κ1) is 17.7. The lowest BCUT2D eigenvalue weighted by Gasteiger charge is -2.25. The molecule has 5 nitrogen and oxygen atoms in total. The minimum absolute atomic E-state index is 0.0966. The summed E-state index contributed by atoms with van der Waals surface area (Å²) in [5.74, 6) is -0.157. The van der Waals surface area contributed by atoms with E-state index in [9.17, 15) is 9.90 Å². The highest BCUT2D eigenvalue weighted by Crippen LogP contribution is 2.18. The number of rotatable bonds is 9. The lowest BCUT2D eigenvalue weighted by atomic mass is 10.2. The molecule has 1 rings (SSSR count). The number of pyridine rings is 1. The summed E-state index contributed by atoms with van der Waals surface area (Å²) in [7, 11) is 0. The van der Waals surface area contributed by atoms with E-state index >= 15 is 0 Å². The molecule has 120 valence electrons. The summed E-state index contributed by atoms with van der Waals surface area (Å²) in [5.41, 5.74) is 1.17. The van der Waals surface area contributed by atoms with Gasteiger partial charge in [0.15, 0.2) is 5.75 Å². The van der Waals surface area contributed by atoms with Crippen LogP contribution < -0.4 is 5.43 Å². The second-order valence-electron chi connectivity index (χ2n) is 5.45. The molecule has 0 saturated heterocycles. The number of nitrogens with zero attached hydrogens (tertiary/aromatic N) is 2. The molecule has 5 heteroatoms. The number of aryl methyl sites for hydroxylation is 1. The van der Waals surface area contributed by atoms with E-state index in [2.05, 4.69) is 18.7 Å². The maximum absolute atomic E-state index is 11.9. The minimum atomic E-state index is -0.323. The number of aliphatic hydroxyl groups excluding tert-OH is 1. The molecule has 21 heavy (non-hydrogen) atoms. The van der Waals surface area contributed by atoms with E-state index in [4.69, 9.17) is 5.11 Å². The normalized spacial score (nSPS) is 11.3. The third kappa shape index (κ3) is 4.86. The fraction of sp³-hybridized carbons (Fsp3) is 0.688. The lowest BCUT2D eigenvalue weighted by Crippen LogP contribution is -2.29. The Labute approximate surface area is 126 Å². The van der Waals surface area contributed by atoms with Crippen LogP contribution in [0.15, 0.2) is 10.9 Å². The van der Waals surface area contributed by atoms with E-state index < -0.39 is 0 Å². The van der Waals surface area contributed by atoms with Crippen molar-refractivity contribution in [3.05, 3.63) is 27.7 Å². The van der Waals surface area contributed by atoms with Crippen molar-refractivity contribution in [2.75, 3.05) is 19.7 Å². The molecule has 1 aromatic rings. The van der Waals surface area contributed by atoms with Gasteiger partial charge in [-0.05, 0) is 39.3 Å². The van der Waals surface area contributed by atoms with E-state index in [-0.39, 0.29) is 17.8 Å². The number of hydrogen-bond acceptors (Lipinski definition) is 4. The van der Waals surface area contributed by atoms with E-state index in [1.165, 1.54) is 6.07 Å². The summed E-state index contributed by atoms with van der Waals surface area (Å²) in [6.45, 7) is 9.26. The van der Waals surface area contributed by atoms with Crippen molar-refractivity contribution < 1.29 is 10.2 Å². The number of hydrogen-bond donors (Lipinski definition) is 2. The Morgan fingerprint density at radius 1 is 1.24 bits per heavy atom. The quantitative estimate of drug-likeness (QED) is 0.730. The largest absolute Gasteiger partial charge is 0.503 e. The van der Waals surface area contributed by atoms with Crippen LogP contribution in [0.1, 0.15) is 44.5 Å². The molecule has 0 aromatic carbocycles. The van der Waals surface area contributed by atoms with Crippen LogP contribution >= 0.6 is 0 Å². The maximum Gasteiger partial charge on any atom is 0.223 e. The van der Waals surface area contributed by atoms with Crippen LogP contribution in [-0.2, 0) is 13.1 Å². The number of aromatic nitrogens is 1. The van der Waals surface area contributed by atoms with Crippen molar-refractivity contribution in [1.29, 1.82) is 0 Å². The first-order valence-corrected chi connectivity index (χ1v) is 7.80. The summed E-state index contributed by atoms with van der Waals surface area (Å²) in [6.07, 6.45) is 2.68. The van der Waals surface area contributed by atoms with Gasteiger partial charge in [-0.2, -0.15) is 0 Å². The first-order valence-electron chi connectivity index (χ1n) is 7.80. The maximum atomic E-state index is 11.9. The molecule has 0 unspecified atom stereocenters. The van der Waals surface area contributed by atoms with Crippen molar-refractivity contribution in [3.8, 4) is 5.75 Å². The Balaban J connectivity index is 3.14. The van der Waals surface area contributed by atoms with E-state index in [1.807, 2.05) is 11.5 Å². The fourth-order valence-corrected chi connectivity index (χ4v) is 2.63. The van der Waals surface area contributed by atoms with Crippen molar-refractivity contribution in [1.82, 2.24) is 9.47 Å². The van der Waals surface area contributed by atoms with Gasteiger partial charge in [0.2, 0.25) is 5.43 Å². The van der Waals surface area contributed by atoms with Crippen molar-refractivity contribution in [2.24, 2.45) is 0 Å². The molecule has 0 saturated carbocycles. The van der Waals surface area contributed by atoms with Gasteiger partial charge in [0.05, 0.1) is 5.69 Å². The molecule has 0 aliphatic carbocycles. The highest BCUT2D eigenvalue weighted by atomic mass is 16.3. The minimum Gasteiger partial charge on any atom is -0.503 e.